The Morgan fingerprint density at radius 3 is 2.62 bits per heavy atom. The number of fused-ring (bicyclic) bond motifs is 2. The van der Waals surface area contributed by atoms with Crippen molar-refractivity contribution >= 4 is 28.7 Å². The maximum absolute atomic E-state index is 13.1. The fourth-order valence-corrected chi connectivity index (χ4v) is 3.98. The van der Waals surface area contributed by atoms with Gasteiger partial charge in [-0.05, 0) is 71.0 Å². The van der Waals surface area contributed by atoms with Crippen LogP contribution in [-0.4, -0.2) is 35.6 Å². The lowest BCUT2D eigenvalue weighted by molar-refractivity contribution is -0.157. The quantitative estimate of drug-likeness (QED) is 0.364. The second-order valence-corrected chi connectivity index (χ2v) is 9.13. The van der Waals surface area contributed by atoms with Crippen molar-refractivity contribution in [3.8, 4) is 17.2 Å². The van der Waals surface area contributed by atoms with E-state index in [2.05, 4.69) is 11.5 Å². The van der Waals surface area contributed by atoms with Gasteiger partial charge in [0.05, 0.1) is 12.7 Å². The van der Waals surface area contributed by atoms with Crippen molar-refractivity contribution in [2.45, 2.75) is 46.8 Å². The zero-order chi connectivity index (χ0) is 24.6. The Morgan fingerprint density at radius 1 is 1.18 bits per heavy atom. The average Bonchev–Trinajstić information content (AvgIpc) is 3.30. The molecule has 3 aromatic rings. The van der Waals surface area contributed by atoms with E-state index >= 15 is 0 Å². The first-order chi connectivity index (χ1) is 16.1. The predicted molar refractivity (Wildman–Crippen MR) is 130 cm³/mol. The van der Waals surface area contributed by atoms with Gasteiger partial charge in [-0.3, -0.25) is 4.79 Å². The topological polar surface area (TPSA) is 76.0 Å². The molecular formula is C27H29NO6. The zero-order valence-electron chi connectivity index (χ0n) is 20.4. The summed E-state index contributed by atoms with van der Waals surface area (Å²) < 4.78 is 24.4. The van der Waals surface area contributed by atoms with Crippen molar-refractivity contribution in [2.24, 2.45) is 0 Å². The Kier molecular flexibility index (Phi) is 6.13. The highest BCUT2D eigenvalue weighted by Crippen LogP contribution is 2.40. The number of allylic oxidation sites excluding steroid dienone is 1. The van der Waals surface area contributed by atoms with Gasteiger partial charge in [0.15, 0.2) is 12.4 Å². The van der Waals surface area contributed by atoms with Crippen LogP contribution in [0.15, 0.2) is 42.3 Å². The predicted octanol–water partition coefficient (Wildman–Crippen LogP) is 5.31. The summed E-state index contributed by atoms with van der Waals surface area (Å²) in [6.45, 7) is 9.82. The first kappa shape index (κ1) is 23.4. The van der Waals surface area contributed by atoms with E-state index in [1.165, 1.54) is 0 Å². The van der Waals surface area contributed by atoms with E-state index < -0.39 is 11.6 Å². The van der Waals surface area contributed by atoms with Crippen molar-refractivity contribution in [1.82, 2.24) is 4.57 Å². The van der Waals surface area contributed by atoms with Crippen LogP contribution in [0.3, 0.4) is 0 Å². The molecule has 0 spiro atoms. The van der Waals surface area contributed by atoms with Crippen LogP contribution in [0.4, 0.5) is 0 Å². The number of hydrogen-bond donors (Lipinski definition) is 0. The largest absolute Gasteiger partial charge is 0.497 e. The molecule has 34 heavy (non-hydrogen) atoms. The molecule has 0 radical (unpaired) electrons. The summed E-state index contributed by atoms with van der Waals surface area (Å²) in [7, 11) is 1.63. The van der Waals surface area contributed by atoms with Crippen LogP contribution in [0.1, 0.15) is 49.2 Å². The Bertz CT molecular complexity index is 1310. The number of aryl methyl sites for hydroxylation is 1. The van der Waals surface area contributed by atoms with Crippen molar-refractivity contribution in [2.75, 3.05) is 13.7 Å². The Morgan fingerprint density at radius 2 is 1.94 bits per heavy atom. The lowest BCUT2D eigenvalue weighted by atomic mass is 10.1. The van der Waals surface area contributed by atoms with E-state index in [-0.39, 0.29) is 18.1 Å². The molecule has 2 aromatic carbocycles. The molecule has 4 rings (SSSR count). The molecule has 1 aromatic heterocycles. The molecule has 2 heterocycles. The summed E-state index contributed by atoms with van der Waals surface area (Å²) in [5, 5.41) is 0.971. The number of esters is 1. The number of benzene rings is 2. The Hall–Kier alpha value is -3.74. The third-order valence-electron chi connectivity index (χ3n) is 5.55. The maximum atomic E-state index is 13.1. The minimum absolute atomic E-state index is 0.197. The molecule has 178 valence electrons. The second-order valence-electron chi connectivity index (χ2n) is 9.13. The number of rotatable bonds is 6. The van der Waals surface area contributed by atoms with E-state index in [1.54, 1.807) is 53.0 Å². The summed E-state index contributed by atoms with van der Waals surface area (Å²) in [5.41, 5.74) is 2.44. The lowest BCUT2D eigenvalue weighted by Crippen LogP contribution is -2.27. The highest BCUT2D eigenvalue weighted by atomic mass is 16.6. The first-order valence-electron chi connectivity index (χ1n) is 11.2. The van der Waals surface area contributed by atoms with Crippen molar-refractivity contribution in [1.29, 1.82) is 0 Å². The number of aromatic nitrogens is 1. The summed E-state index contributed by atoms with van der Waals surface area (Å²) >= 11 is 0. The van der Waals surface area contributed by atoms with E-state index in [0.717, 1.165) is 28.8 Å². The van der Waals surface area contributed by atoms with Crippen LogP contribution in [0.5, 0.6) is 17.2 Å². The molecule has 0 unspecified atom stereocenters. The zero-order valence-corrected chi connectivity index (χ0v) is 20.4. The molecule has 1 aliphatic rings. The number of hydrogen-bond acceptors (Lipinski definition) is 6. The van der Waals surface area contributed by atoms with Crippen LogP contribution < -0.4 is 14.2 Å². The van der Waals surface area contributed by atoms with Gasteiger partial charge < -0.3 is 23.5 Å². The summed E-state index contributed by atoms with van der Waals surface area (Å²) in [6.07, 6.45) is 3.76. The average molecular weight is 464 g/mol. The molecule has 0 saturated carbocycles. The van der Waals surface area contributed by atoms with Crippen LogP contribution in [0, 0.1) is 6.92 Å². The molecule has 0 N–H and O–H groups in total. The minimum Gasteiger partial charge on any atom is -0.497 e. The molecule has 7 nitrogen and oxygen atoms in total. The number of Topliss-reactive ketones (excluding diaryl/α,β-unsaturated/α-hetero) is 1. The molecule has 0 fully saturated rings. The van der Waals surface area contributed by atoms with E-state index in [4.69, 9.17) is 18.9 Å². The number of carbonyl (C=O) groups excluding carboxylic acids is 2. The van der Waals surface area contributed by atoms with Gasteiger partial charge in [-0.2, -0.15) is 0 Å². The maximum Gasteiger partial charge on any atom is 0.344 e. The summed E-state index contributed by atoms with van der Waals surface area (Å²) in [6, 6.07) is 9.21. The van der Waals surface area contributed by atoms with Gasteiger partial charge in [0, 0.05) is 34.8 Å². The normalized spacial score (nSPS) is 14.3. The molecule has 0 amide bonds. The highest BCUT2D eigenvalue weighted by molar-refractivity contribution is 6.15. The molecule has 0 aliphatic carbocycles. The Labute approximate surface area is 198 Å². The van der Waals surface area contributed by atoms with Gasteiger partial charge in [-0.1, -0.05) is 0 Å². The third-order valence-corrected chi connectivity index (χ3v) is 5.55. The lowest BCUT2D eigenvalue weighted by Gasteiger charge is -2.19. The van der Waals surface area contributed by atoms with Crippen molar-refractivity contribution < 1.29 is 28.5 Å². The first-order valence-corrected chi connectivity index (χ1v) is 11.2. The smallest absolute Gasteiger partial charge is 0.344 e. The molecular weight excluding hydrogens is 434 g/mol. The van der Waals surface area contributed by atoms with Crippen molar-refractivity contribution in [3.05, 3.63) is 59.0 Å². The number of carbonyl (C=O) groups is 2. The standard InChI is InChI=1S/C27H29NO6/c1-7-28-14-17(20-13-18(31-6)8-10-21(20)28)12-23-25(30)19-9-11-22(16(2)26(19)33-23)32-15-24(29)34-27(3,4)5/h8-14H,7,15H2,1-6H3/b23-12-. The van der Waals surface area contributed by atoms with Crippen LogP contribution in [-0.2, 0) is 16.1 Å². The van der Waals surface area contributed by atoms with Gasteiger partial charge in [-0.25, -0.2) is 4.79 Å². The van der Waals surface area contributed by atoms with E-state index in [0.29, 0.717) is 22.6 Å². The summed E-state index contributed by atoms with van der Waals surface area (Å²) in [4.78, 5) is 25.1. The molecule has 1 aliphatic heterocycles. The number of ether oxygens (including phenoxy) is 4. The van der Waals surface area contributed by atoms with Crippen LogP contribution in [0.25, 0.3) is 17.0 Å². The van der Waals surface area contributed by atoms with Gasteiger partial charge in [0.2, 0.25) is 5.78 Å². The van der Waals surface area contributed by atoms with Gasteiger partial charge >= 0.3 is 5.97 Å². The molecule has 0 atom stereocenters. The second kappa shape index (κ2) is 8.89. The third kappa shape index (κ3) is 4.51. The van der Waals surface area contributed by atoms with Crippen molar-refractivity contribution in [3.63, 3.8) is 0 Å². The van der Waals surface area contributed by atoms with Gasteiger partial charge in [0.25, 0.3) is 0 Å². The highest BCUT2D eigenvalue weighted by Gasteiger charge is 2.31. The molecule has 0 saturated heterocycles. The van der Waals surface area contributed by atoms with Crippen LogP contribution >= 0.6 is 0 Å². The fourth-order valence-electron chi connectivity index (χ4n) is 3.98. The number of ketones is 1. The SMILES string of the molecule is CCn1cc(/C=C2\Oc3c(ccc(OCC(=O)OC(C)(C)C)c3C)C2=O)c2cc(OC)ccc21. The van der Waals surface area contributed by atoms with E-state index in [9.17, 15) is 9.59 Å². The number of methoxy groups -OCH3 is 1. The molecule has 0 bridgehead atoms. The van der Waals surface area contributed by atoms with Crippen LogP contribution in [0.2, 0.25) is 0 Å². The van der Waals surface area contributed by atoms with Gasteiger partial charge in [-0.15, -0.1) is 0 Å². The summed E-state index contributed by atoms with van der Waals surface area (Å²) in [5.74, 6) is 1.22. The van der Waals surface area contributed by atoms with Gasteiger partial charge in [0.1, 0.15) is 22.8 Å². The van der Waals surface area contributed by atoms with E-state index in [1.807, 2.05) is 24.4 Å². The minimum atomic E-state index is -0.590. The Balaban J connectivity index is 1.62. The fraction of sp³-hybridized carbons (Fsp3) is 0.333. The number of nitrogens with zero attached hydrogens (tertiary/aromatic N) is 1. The molecule has 7 heteroatoms. The monoisotopic (exact) mass is 463 g/mol.